The number of ketones is 1. The molecule has 0 aliphatic heterocycles. The van der Waals surface area contributed by atoms with Gasteiger partial charge in [0.25, 0.3) is 0 Å². The maximum Gasteiger partial charge on any atom is 0.351 e. The van der Waals surface area contributed by atoms with Crippen molar-refractivity contribution >= 4 is 17.8 Å². The average molecular weight is 402 g/mol. The van der Waals surface area contributed by atoms with Crippen LogP contribution in [-0.2, 0) is 0 Å². The number of aryl methyl sites for hydroxylation is 1. The van der Waals surface area contributed by atoms with Gasteiger partial charge in [-0.25, -0.2) is 4.79 Å². The van der Waals surface area contributed by atoms with Crippen LogP contribution in [0.4, 0.5) is 0 Å². The lowest BCUT2D eigenvalue weighted by Gasteiger charge is -2.12. The number of benzene rings is 3. The summed E-state index contributed by atoms with van der Waals surface area (Å²) in [5.74, 6) is 0.452. The molecule has 3 rings (SSSR count). The lowest BCUT2D eigenvalue weighted by atomic mass is 10.1. The minimum absolute atomic E-state index is 0.0752. The number of carbonyl (C=O) groups is 2. The lowest BCUT2D eigenvalue weighted by Crippen LogP contribution is -2.11. The van der Waals surface area contributed by atoms with E-state index in [0.717, 1.165) is 11.1 Å². The Labute approximate surface area is 175 Å². The number of ether oxygens (including phenoxy) is 3. The van der Waals surface area contributed by atoms with E-state index in [0.29, 0.717) is 22.8 Å². The van der Waals surface area contributed by atoms with Gasteiger partial charge in [0.2, 0.25) is 0 Å². The topological polar surface area (TPSA) is 61.8 Å². The smallest absolute Gasteiger partial charge is 0.351 e. The van der Waals surface area contributed by atoms with Crippen LogP contribution in [0.3, 0.4) is 0 Å². The number of esters is 1. The van der Waals surface area contributed by atoms with Crippen LogP contribution in [0.25, 0.3) is 6.08 Å². The first-order valence-electron chi connectivity index (χ1n) is 9.34. The van der Waals surface area contributed by atoms with Gasteiger partial charge in [0.15, 0.2) is 5.78 Å². The Morgan fingerprint density at radius 2 is 1.40 bits per heavy atom. The fourth-order valence-electron chi connectivity index (χ4n) is 2.84. The van der Waals surface area contributed by atoms with Crippen LogP contribution in [0.2, 0.25) is 0 Å². The zero-order chi connectivity index (χ0) is 21.5. The van der Waals surface area contributed by atoms with Crippen molar-refractivity contribution in [1.82, 2.24) is 0 Å². The summed E-state index contributed by atoms with van der Waals surface area (Å²) in [4.78, 5) is 24.9. The van der Waals surface area contributed by atoms with Crippen molar-refractivity contribution in [3.05, 3.63) is 95.1 Å². The summed E-state index contributed by atoms with van der Waals surface area (Å²) in [6, 6.07) is 19.3. The SMILES string of the molecule is COc1cccc(OC)c1C(=O)Oc1ccc(C=CC(=O)c2ccc(C)cc2)cc1. The third kappa shape index (κ3) is 4.94. The molecule has 0 bridgehead atoms. The first-order chi connectivity index (χ1) is 14.5. The molecule has 0 saturated carbocycles. The van der Waals surface area contributed by atoms with E-state index < -0.39 is 5.97 Å². The molecule has 5 nitrogen and oxygen atoms in total. The van der Waals surface area contributed by atoms with Crippen LogP contribution >= 0.6 is 0 Å². The summed E-state index contributed by atoms with van der Waals surface area (Å²) < 4.78 is 15.9. The fraction of sp³-hybridized carbons (Fsp3) is 0.120. The van der Waals surface area contributed by atoms with E-state index in [-0.39, 0.29) is 11.3 Å². The van der Waals surface area contributed by atoms with E-state index in [1.54, 1.807) is 60.7 Å². The van der Waals surface area contributed by atoms with Gasteiger partial charge in [-0.1, -0.05) is 54.1 Å². The van der Waals surface area contributed by atoms with Crippen LogP contribution in [0.1, 0.15) is 31.8 Å². The zero-order valence-corrected chi connectivity index (χ0v) is 17.0. The molecule has 0 aliphatic carbocycles. The molecule has 0 heterocycles. The van der Waals surface area contributed by atoms with Crippen LogP contribution < -0.4 is 14.2 Å². The van der Waals surface area contributed by atoms with E-state index in [9.17, 15) is 9.59 Å². The van der Waals surface area contributed by atoms with Gasteiger partial charge in [0, 0.05) is 5.56 Å². The van der Waals surface area contributed by atoms with Crippen molar-refractivity contribution < 1.29 is 23.8 Å². The molecule has 0 aliphatic rings. The van der Waals surface area contributed by atoms with Gasteiger partial charge in [0.05, 0.1) is 14.2 Å². The van der Waals surface area contributed by atoms with Crippen LogP contribution in [-0.4, -0.2) is 26.0 Å². The Bertz CT molecular complexity index is 1040. The molecular formula is C25H22O5. The van der Waals surface area contributed by atoms with E-state index >= 15 is 0 Å². The molecule has 0 unspecified atom stereocenters. The molecule has 3 aromatic carbocycles. The first kappa shape index (κ1) is 20.9. The highest BCUT2D eigenvalue weighted by Gasteiger charge is 2.20. The highest BCUT2D eigenvalue weighted by atomic mass is 16.5. The number of rotatable bonds is 7. The monoisotopic (exact) mass is 402 g/mol. The molecule has 3 aromatic rings. The summed E-state index contributed by atoms with van der Waals surface area (Å²) >= 11 is 0. The summed E-state index contributed by atoms with van der Waals surface area (Å²) in [6.07, 6.45) is 3.24. The molecule has 0 N–H and O–H groups in total. The average Bonchev–Trinajstić information content (AvgIpc) is 2.78. The van der Waals surface area contributed by atoms with Gasteiger partial charge in [0.1, 0.15) is 22.8 Å². The largest absolute Gasteiger partial charge is 0.496 e. The molecule has 0 atom stereocenters. The molecule has 0 amide bonds. The highest BCUT2D eigenvalue weighted by molar-refractivity contribution is 6.06. The normalized spacial score (nSPS) is 10.6. The third-order valence-electron chi connectivity index (χ3n) is 4.49. The Morgan fingerprint density at radius 1 is 0.800 bits per heavy atom. The van der Waals surface area contributed by atoms with E-state index in [2.05, 4.69) is 0 Å². The van der Waals surface area contributed by atoms with Gasteiger partial charge >= 0.3 is 5.97 Å². The molecule has 0 radical (unpaired) electrons. The maximum atomic E-state index is 12.6. The van der Waals surface area contributed by atoms with E-state index in [1.807, 2.05) is 19.1 Å². The predicted octanol–water partition coefficient (Wildman–Crippen LogP) is 5.13. The summed E-state index contributed by atoms with van der Waals surface area (Å²) in [6.45, 7) is 1.97. The lowest BCUT2D eigenvalue weighted by molar-refractivity contribution is 0.0727. The van der Waals surface area contributed by atoms with Crippen molar-refractivity contribution in [2.45, 2.75) is 6.92 Å². The Balaban J connectivity index is 1.70. The van der Waals surface area contributed by atoms with Crippen molar-refractivity contribution in [2.75, 3.05) is 14.2 Å². The standard InChI is InChI=1S/C25H22O5/c1-17-7-12-19(13-8-17)21(26)16-11-18-9-14-20(15-10-18)30-25(27)24-22(28-2)5-4-6-23(24)29-3/h4-16H,1-3H3. The van der Waals surface area contributed by atoms with E-state index in [4.69, 9.17) is 14.2 Å². The van der Waals surface area contributed by atoms with Gasteiger partial charge in [-0.15, -0.1) is 0 Å². The molecule has 0 fully saturated rings. The molecule has 0 saturated heterocycles. The van der Waals surface area contributed by atoms with Crippen molar-refractivity contribution in [3.63, 3.8) is 0 Å². The molecule has 0 aromatic heterocycles. The number of methoxy groups -OCH3 is 2. The van der Waals surface area contributed by atoms with Crippen LogP contribution in [0, 0.1) is 6.92 Å². The minimum atomic E-state index is -0.581. The second kappa shape index (κ2) is 9.56. The van der Waals surface area contributed by atoms with Gasteiger partial charge in [-0.05, 0) is 42.8 Å². The number of hydrogen-bond donors (Lipinski definition) is 0. The number of allylic oxidation sites excluding steroid dienone is 1. The second-order valence-corrected chi connectivity index (χ2v) is 6.56. The summed E-state index contributed by atoms with van der Waals surface area (Å²) in [7, 11) is 2.95. The molecule has 0 spiro atoms. The quantitative estimate of drug-likeness (QED) is 0.237. The summed E-state index contributed by atoms with van der Waals surface area (Å²) in [5.41, 5.74) is 2.76. The predicted molar refractivity (Wildman–Crippen MR) is 115 cm³/mol. The first-order valence-corrected chi connectivity index (χ1v) is 9.34. The van der Waals surface area contributed by atoms with Crippen molar-refractivity contribution in [1.29, 1.82) is 0 Å². The Hall–Kier alpha value is -3.86. The van der Waals surface area contributed by atoms with Gasteiger partial charge in [-0.3, -0.25) is 4.79 Å². The Kier molecular flexibility index (Phi) is 6.65. The summed E-state index contributed by atoms with van der Waals surface area (Å²) in [5, 5.41) is 0. The zero-order valence-electron chi connectivity index (χ0n) is 17.0. The second-order valence-electron chi connectivity index (χ2n) is 6.56. The molecular weight excluding hydrogens is 380 g/mol. The van der Waals surface area contributed by atoms with Gasteiger partial charge < -0.3 is 14.2 Å². The molecule has 30 heavy (non-hydrogen) atoms. The van der Waals surface area contributed by atoms with Crippen molar-refractivity contribution in [2.24, 2.45) is 0 Å². The van der Waals surface area contributed by atoms with Crippen LogP contribution in [0.5, 0.6) is 17.2 Å². The van der Waals surface area contributed by atoms with Crippen molar-refractivity contribution in [3.8, 4) is 17.2 Å². The van der Waals surface area contributed by atoms with Crippen LogP contribution in [0.15, 0.2) is 72.8 Å². The van der Waals surface area contributed by atoms with Gasteiger partial charge in [-0.2, -0.15) is 0 Å². The molecule has 152 valence electrons. The number of hydrogen-bond acceptors (Lipinski definition) is 5. The minimum Gasteiger partial charge on any atom is -0.496 e. The third-order valence-corrected chi connectivity index (χ3v) is 4.49. The fourth-order valence-corrected chi connectivity index (χ4v) is 2.84. The Morgan fingerprint density at radius 3 is 1.97 bits per heavy atom. The number of carbonyl (C=O) groups excluding carboxylic acids is 2. The highest BCUT2D eigenvalue weighted by Crippen LogP contribution is 2.29. The van der Waals surface area contributed by atoms with E-state index in [1.165, 1.54) is 20.3 Å². The maximum absolute atomic E-state index is 12.6. The molecule has 5 heteroatoms.